The minimum Gasteiger partial charge on any atom is -0.480 e. The summed E-state index contributed by atoms with van der Waals surface area (Å²) in [5, 5.41) is 11.4. The number of nitrogens with one attached hydrogen (secondary N) is 1. The van der Waals surface area contributed by atoms with Gasteiger partial charge in [0.05, 0.1) is 13.5 Å². The zero-order valence-electron chi connectivity index (χ0n) is 22.4. The van der Waals surface area contributed by atoms with Gasteiger partial charge in [-0.2, -0.15) is 0 Å². The van der Waals surface area contributed by atoms with Crippen LogP contribution in [0.1, 0.15) is 32.8 Å². The fourth-order valence-electron chi connectivity index (χ4n) is 3.62. The molecule has 0 aliphatic carbocycles. The molecule has 1 amide bonds. The van der Waals surface area contributed by atoms with E-state index < -0.39 is 85.1 Å². The van der Waals surface area contributed by atoms with Crippen LogP contribution in [-0.4, -0.2) is 90.9 Å². The van der Waals surface area contributed by atoms with Gasteiger partial charge in [0.15, 0.2) is 18.3 Å². The van der Waals surface area contributed by atoms with Crippen LogP contribution in [0.25, 0.3) is 0 Å². The molecule has 1 aliphatic heterocycles. The molecule has 1 unspecified atom stereocenters. The Morgan fingerprint density at radius 1 is 0.854 bits per heavy atom. The molecule has 16 heteroatoms. The molecule has 1 aromatic carbocycles. The van der Waals surface area contributed by atoms with Crippen molar-refractivity contribution in [1.82, 2.24) is 5.32 Å². The Bertz CT molecular complexity index is 1140. The van der Waals surface area contributed by atoms with Crippen molar-refractivity contribution in [2.24, 2.45) is 0 Å². The molecule has 41 heavy (non-hydrogen) atoms. The predicted octanol–water partition coefficient (Wildman–Crippen LogP) is -0.00770. The van der Waals surface area contributed by atoms with Crippen LogP contribution < -0.4 is 5.32 Å². The Labute approximate surface area is 233 Å². The lowest BCUT2D eigenvalue weighted by atomic mass is 9.97. The van der Waals surface area contributed by atoms with Crippen molar-refractivity contribution >= 4 is 41.9 Å². The number of methoxy groups -OCH3 is 1. The van der Waals surface area contributed by atoms with E-state index in [0.717, 1.165) is 27.9 Å². The van der Waals surface area contributed by atoms with Gasteiger partial charge in [0.1, 0.15) is 12.6 Å². The fraction of sp³-hybridized carbons (Fsp3) is 0.480. The van der Waals surface area contributed by atoms with Gasteiger partial charge in [0.2, 0.25) is 12.4 Å². The molecule has 2 rings (SSSR count). The van der Waals surface area contributed by atoms with Gasteiger partial charge >= 0.3 is 41.9 Å². The maximum atomic E-state index is 12.7. The Balaban J connectivity index is 2.24. The van der Waals surface area contributed by atoms with Crippen LogP contribution in [0.2, 0.25) is 0 Å². The van der Waals surface area contributed by atoms with E-state index in [4.69, 9.17) is 28.4 Å². The van der Waals surface area contributed by atoms with Crippen LogP contribution in [-0.2, 0) is 68.5 Å². The number of carbonyl (C=O) groups is 7. The summed E-state index contributed by atoms with van der Waals surface area (Å²) >= 11 is 0. The minimum absolute atomic E-state index is 0.146. The second-order valence-electron chi connectivity index (χ2n) is 8.46. The highest BCUT2D eigenvalue weighted by Gasteiger charge is 2.56. The Kier molecular flexibility index (Phi) is 12.0. The number of hydrogen-bond donors (Lipinski definition) is 2. The zero-order chi connectivity index (χ0) is 30.7. The molecule has 0 aromatic heterocycles. The number of benzene rings is 1. The molecule has 6 atom stereocenters. The number of esters is 5. The first-order valence-electron chi connectivity index (χ1n) is 12.0. The molecule has 1 saturated heterocycles. The van der Waals surface area contributed by atoms with Crippen molar-refractivity contribution in [3.63, 3.8) is 0 Å². The summed E-state index contributed by atoms with van der Waals surface area (Å²) in [5.74, 6) is -6.61. The van der Waals surface area contributed by atoms with Gasteiger partial charge in [-0.05, 0) is 5.56 Å². The van der Waals surface area contributed by atoms with Crippen LogP contribution in [0, 0.1) is 0 Å². The van der Waals surface area contributed by atoms with E-state index >= 15 is 0 Å². The molecule has 224 valence electrons. The highest BCUT2D eigenvalue weighted by Crippen LogP contribution is 2.30. The van der Waals surface area contributed by atoms with Gasteiger partial charge in [0.25, 0.3) is 0 Å². The lowest BCUT2D eigenvalue weighted by Gasteiger charge is -2.42. The van der Waals surface area contributed by atoms with Gasteiger partial charge in [0, 0.05) is 20.8 Å². The summed E-state index contributed by atoms with van der Waals surface area (Å²) in [7, 11) is 0.965. The zero-order valence-corrected chi connectivity index (χ0v) is 22.4. The van der Waals surface area contributed by atoms with Crippen molar-refractivity contribution in [3.8, 4) is 0 Å². The number of amides is 1. The Hall–Kier alpha value is -4.73. The van der Waals surface area contributed by atoms with Crippen molar-refractivity contribution in [3.05, 3.63) is 35.9 Å². The molecule has 1 aromatic rings. The highest BCUT2D eigenvalue weighted by atomic mass is 16.8. The van der Waals surface area contributed by atoms with Crippen molar-refractivity contribution in [2.75, 3.05) is 7.11 Å². The molecule has 1 heterocycles. The molecule has 0 bridgehead atoms. The third kappa shape index (κ3) is 10.1. The first-order valence-corrected chi connectivity index (χ1v) is 12.0. The number of carbonyl (C=O) groups excluding carboxylic acids is 6. The molecular weight excluding hydrogens is 554 g/mol. The third-order valence-electron chi connectivity index (χ3n) is 5.26. The first kappa shape index (κ1) is 32.5. The molecule has 0 spiro atoms. The number of alkyl carbamates (subject to hydrolysis) is 1. The van der Waals surface area contributed by atoms with E-state index in [1.807, 2.05) is 5.32 Å². The molecular formula is C25H29NO15. The monoisotopic (exact) mass is 583 g/mol. The Morgan fingerprint density at radius 2 is 1.41 bits per heavy atom. The lowest BCUT2D eigenvalue weighted by Crippen LogP contribution is -2.64. The summed E-state index contributed by atoms with van der Waals surface area (Å²) in [6, 6.07) is 6.69. The van der Waals surface area contributed by atoms with E-state index in [1.54, 1.807) is 30.3 Å². The van der Waals surface area contributed by atoms with Crippen LogP contribution >= 0.6 is 0 Å². The van der Waals surface area contributed by atoms with E-state index in [-0.39, 0.29) is 6.61 Å². The van der Waals surface area contributed by atoms with E-state index in [0.29, 0.717) is 5.56 Å². The largest absolute Gasteiger partial charge is 0.480 e. The summed E-state index contributed by atoms with van der Waals surface area (Å²) in [6.45, 7) is 2.76. The highest BCUT2D eigenvalue weighted by molar-refractivity contribution is 5.85. The van der Waals surface area contributed by atoms with Gasteiger partial charge in [-0.1, -0.05) is 30.3 Å². The van der Waals surface area contributed by atoms with Gasteiger partial charge in [-0.25, -0.2) is 14.4 Å². The number of carboxylic acids is 1. The number of carboxylic acid groups (broad SMARTS) is 1. The topological polar surface area (TPSA) is 216 Å². The maximum absolute atomic E-state index is 12.7. The van der Waals surface area contributed by atoms with Crippen LogP contribution in [0.15, 0.2) is 30.3 Å². The summed E-state index contributed by atoms with van der Waals surface area (Å²) in [6.07, 6.45) is -11.4. The molecule has 2 N–H and O–H groups in total. The summed E-state index contributed by atoms with van der Waals surface area (Å²) < 4.78 is 35.5. The van der Waals surface area contributed by atoms with Crippen LogP contribution in [0.3, 0.4) is 0 Å². The quantitative estimate of drug-likeness (QED) is 0.259. The molecule has 1 aliphatic rings. The summed E-state index contributed by atoms with van der Waals surface area (Å²) in [4.78, 5) is 84.4. The standard InChI is InChI=1S/C25H29NO15/c1-12(27)37-18-19(38-13(2)28)21(39-14(3)29)24(40-20(18)23(33)35-4)41-25(34)26-16(22(31)32)10-17(30)36-11-15-8-6-5-7-9-15/h5-9,16,18-21,24H,10-11H2,1-4H3,(H,26,34)(H,31,32)/t16-,18-,19-,20-,21+,24?/m0/s1. The van der Waals surface area contributed by atoms with Crippen molar-refractivity contribution < 1.29 is 71.8 Å². The Morgan fingerprint density at radius 3 is 1.95 bits per heavy atom. The maximum Gasteiger partial charge on any atom is 0.410 e. The molecule has 16 nitrogen and oxygen atoms in total. The molecule has 0 radical (unpaired) electrons. The van der Waals surface area contributed by atoms with E-state index in [1.165, 1.54) is 0 Å². The SMILES string of the molecule is COC(=O)[C@H]1OC(OC(=O)N[C@@H](CC(=O)OCc2ccccc2)C(=O)O)[C@H](OC(C)=O)[C@@H](OC(C)=O)[C@@H]1OC(C)=O. The van der Waals surface area contributed by atoms with Crippen LogP contribution in [0.5, 0.6) is 0 Å². The fourth-order valence-corrected chi connectivity index (χ4v) is 3.62. The van der Waals surface area contributed by atoms with Gasteiger partial charge in [-0.15, -0.1) is 0 Å². The van der Waals surface area contributed by atoms with Crippen molar-refractivity contribution in [2.45, 2.75) is 70.5 Å². The first-order chi connectivity index (χ1) is 19.3. The smallest absolute Gasteiger partial charge is 0.410 e. The minimum atomic E-state index is -2.02. The second kappa shape index (κ2) is 15.2. The average molecular weight is 583 g/mol. The third-order valence-corrected chi connectivity index (χ3v) is 5.26. The number of rotatable bonds is 11. The predicted molar refractivity (Wildman–Crippen MR) is 129 cm³/mol. The average Bonchev–Trinajstić information content (AvgIpc) is 2.89. The molecule has 0 saturated carbocycles. The molecule has 1 fully saturated rings. The lowest BCUT2D eigenvalue weighted by molar-refractivity contribution is -0.288. The normalized spacial score (nSPS) is 22.2. The van der Waals surface area contributed by atoms with Crippen molar-refractivity contribution in [1.29, 1.82) is 0 Å². The number of hydrogen-bond acceptors (Lipinski definition) is 14. The number of ether oxygens (including phenoxy) is 7. The number of aliphatic carboxylic acids is 1. The van der Waals surface area contributed by atoms with E-state index in [2.05, 4.69) is 4.74 Å². The van der Waals surface area contributed by atoms with Gasteiger partial charge in [-0.3, -0.25) is 19.2 Å². The van der Waals surface area contributed by atoms with Crippen LogP contribution in [0.4, 0.5) is 4.79 Å². The summed E-state index contributed by atoms with van der Waals surface area (Å²) in [5.41, 5.74) is 0.639. The second-order valence-corrected chi connectivity index (χ2v) is 8.46. The van der Waals surface area contributed by atoms with Gasteiger partial charge < -0.3 is 43.6 Å². The van der Waals surface area contributed by atoms with E-state index in [9.17, 15) is 38.7 Å².